The molecule has 1 aliphatic rings. The minimum atomic E-state index is -2.92. The fourth-order valence-electron chi connectivity index (χ4n) is 0.749. The molecule has 1 aliphatic heterocycles. The molecule has 1 fully saturated rings. The summed E-state index contributed by atoms with van der Waals surface area (Å²) in [6, 6.07) is 9.58. The van der Waals surface area contributed by atoms with Gasteiger partial charge in [-0.2, -0.15) is 13.7 Å². The molecule has 1 aromatic rings. The van der Waals surface area contributed by atoms with E-state index in [4.69, 9.17) is 5.26 Å². The molecule has 0 bridgehead atoms. The van der Waals surface area contributed by atoms with Crippen molar-refractivity contribution in [3.63, 3.8) is 0 Å². The summed E-state index contributed by atoms with van der Waals surface area (Å²) in [5.41, 5.74) is 1.86. The molecule has 2 rings (SSSR count). The predicted molar refractivity (Wildman–Crippen MR) is 51.1 cm³/mol. The molecule has 0 spiro atoms. The molecule has 2 N–H and O–H groups in total. The standard InChI is InChI=1S/C8H7N.H2N2O2S/c1-7-3-2-4-8(5-7)6-9;3-5(4)1-2-5/h2-5H,1H3;1-2H. The summed E-state index contributed by atoms with van der Waals surface area (Å²) in [6.07, 6.45) is 0. The Bertz CT molecular complexity index is 452. The topological polar surface area (TPSA) is 102 Å². The zero-order chi connectivity index (χ0) is 10.6. The van der Waals surface area contributed by atoms with Crippen molar-refractivity contribution in [2.24, 2.45) is 0 Å². The summed E-state index contributed by atoms with van der Waals surface area (Å²) >= 11 is 0. The van der Waals surface area contributed by atoms with Gasteiger partial charge in [0.15, 0.2) is 0 Å². The van der Waals surface area contributed by atoms with E-state index >= 15 is 0 Å². The highest BCUT2D eigenvalue weighted by molar-refractivity contribution is 7.93. The number of nitrogens with zero attached hydrogens (tertiary/aromatic N) is 1. The first kappa shape index (κ1) is 10.7. The van der Waals surface area contributed by atoms with Gasteiger partial charge in [0.1, 0.15) is 0 Å². The molecule has 0 atom stereocenters. The Hall–Kier alpha value is -1.42. The van der Waals surface area contributed by atoms with Gasteiger partial charge in [0.2, 0.25) is 0 Å². The van der Waals surface area contributed by atoms with E-state index in [1.165, 1.54) is 0 Å². The van der Waals surface area contributed by atoms with Crippen molar-refractivity contribution in [2.45, 2.75) is 6.92 Å². The molecule has 1 saturated heterocycles. The molecule has 74 valence electrons. The lowest BCUT2D eigenvalue weighted by atomic mass is 10.2. The van der Waals surface area contributed by atoms with Crippen molar-refractivity contribution in [3.8, 4) is 6.07 Å². The smallest absolute Gasteiger partial charge is 0.193 e. The van der Waals surface area contributed by atoms with Gasteiger partial charge in [0, 0.05) is 0 Å². The number of benzene rings is 1. The minimum Gasteiger partial charge on any atom is -0.193 e. The molecular formula is C8H9N3O2S. The van der Waals surface area contributed by atoms with Crippen molar-refractivity contribution >= 4 is 10.2 Å². The summed E-state index contributed by atoms with van der Waals surface area (Å²) < 4.78 is 19.0. The van der Waals surface area contributed by atoms with Gasteiger partial charge in [-0.3, -0.25) is 0 Å². The van der Waals surface area contributed by atoms with Gasteiger partial charge in [0.05, 0.1) is 11.6 Å². The van der Waals surface area contributed by atoms with E-state index < -0.39 is 10.2 Å². The second-order valence-corrected chi connectivity index (χ2v) is 4.10. The number of hydrazine groups is 1. The van der Waals surface area contributed by atoms with Crippen LogP contribution in [0.3, 0.4) is 0 Å². The molecule has 0 aromatic heterocycles. The third kappa shape index (κ3) is 4.00. The van der Waals surface area contributed by atoms with Crippen LogP contribution in [0.1, 0.15) is 11.1 Å². The van der Waals surface area contributed by atoms with Crippen LogP contribution < -0.4 is 9.66 Å². The van der Waals surface area contributed by atoms with Crippen LogP contribution in [0.25, 0.3) is 0 Å². The lowest BCUT2D eigenvalue weighted by molar-refractivity contribution is 0.611. The molecule has 0 saturated carbocycles. The van der Waals surface area contributed by atoms with Gasteiger partial charge in [0.25, 0.3) is 0 Å². The van der Waals surface area contributed by atoms with E-state index in [1.807, 2.05) is 34.8 Å². The number of nitrogens with one attached hydrogen (secondary N) is 2. The molecule has 0 aliphatic carbocycles. The van der Waals surface area contributed by atoms with Gasteiger partial charge in [-0.25, -0.2) is 0 Å². The van der Waals surface area contributed by atoms with Crippen LogP contribution in [0, 0.1) is 18.3 Å². The quantitative estimate of drug-likeness (QED) is 0.599. The first-order chi connectivity index (χ1) is 6.53. The molecule has 0 amide bonds. The molecule has 6 heteroatoms. The Morgan fingerprint density at radius 1 is 1.36 bits per heavy atom. The van der Waals surface area contributed by atoms with Gasteiger partial charge in [-0.05, 0) is 24.6 Å². The monoisotopic (exact) mass is 211 g/mol. The van der Waals surface area contributed by atoms with Crippen LogP contribution in [0.5, 0.6) is 0 Å². The van der Waals surface area contributed by atoms with Gasteiger partial charge in [-0.1, -0.05) is 12.1 Å². The van der Waals surface area contributed by atoms with Crippen LogP contribution in [0.15, 0.2) is 24.3 Å². The van der Waals surface area contributed by atoms with E-state index in [1.54, 1.807) is 6.07 Å². The van der Waals surface area contributed by atoms with Crippen LogP contribution in [-0.2, 0) is 10.2 Å². The van der Waals surface area contributed by atoms with Gasteiger partial charge < -0.3 is 0 Å². The van der Waals surface area contributed by atoms with Crippen molar-refractivity contribution in [2.75, 3.05) is 0 Å². The van der Waals surface area contributed by atoms with E-state index in [0.717, 1.165) is 11.1 Å². The molecule has 0 radical (unpaired) electrons. The number of nitriles is 1. The molecular weight excluding hydrogens is 202 g/mol. The first-order valence-electron chi connectivity index (χ1n) is 3.79. The van der Waals surface area contributed by atoms with Crippen LogP contribution in [-0.4, -0.2) is 8.42 Å². The number of hydrogen-bond acceptors (Lipinski definition) is 3. The second-order valence-electron chi connectivity index (χ2n) is 2.69. The summed E-state index contributed by atoms with van der Waals surface area (Å²) in [4.78, 5) is 3.79. The molecule has 14 heavy (non-hydrogen) atoms. The Kier molecular flexibility index (Phi) is 3.19. The van der Waals surface area contributed by atoms with Crippen molar-refractivity contribution in [1.29, 1.82) is 5.26 Å². The minimum absolute atomic E-state index is 0.731. The summed E-state index contributed by atoms with van der Waals surface area (Å²) in [7, 11) is -2.92. The van der Waals surface area contributed by atoms with Crippen LogP contribution >= 0.6 is 0 Å². The highest BCUT2D eigenvalue weighted by Gasteiger charge is 2.22. The van der Waals surface area contributed by atoms with E-state index in [-0.39, 0.29) is 0 Å². The predicted octanol–water partition coefficient (Wildman–Crippen LogP) is 0.206. The third-order valence-corrected chi connectivity index (χ3v) is 1.95. The largest absolute Gasteiger partial charge is 0.304 e. The number of aryl methyl sites for hydroxylation is 1. The zero-order valence-electron chi connectivity index (χ0n) is 7.48. The lowest BCUT2D eigenvalue weighted by Gasteiger charge is -1.88. The normalized spacial score (nSPS) is 16.0. The summed E-state index contributed by atoms with van der Waals surface area (Å²) in [5.74, 6) is 0. The highest BCUT2D eigenvalue weighted by atomic mass is 32.2. The van der Waals surface area contributed by atoms with Crippen LogP contribution in [0.4, 0.5) is 0 Å². The van der Waals surface area contributed by atoms with Gasteiger partial charge in [-0.15, -0.1) is 9.66 Å². The maximum absolute atomic E-state index is 9.52. The molecule has 5 nitrogen and oxygen atoms in total. The molecule has 1 heterocycles. The number of rotatable bonds is 0. The second kappa shape index (κ2) is 4.19. The zero-order valence-corrected chi connectivity index (χ0v) is 8.30. The maximum Gasteiger partial charge on any atom is 0.304 e. The molecule has 1 aromatic carbocycles. The van der Waals surface area contributed by atoms with Gasteiger partial charge >= 0.3 is 10.2 Å². The van der Waals surface area contributed by atoms with E-state index in [2.05, 4.69) is 6.07 Å². The van der Waals surface area contributed by atoms with Crippen LogP contribution in [0.2, 0.25) is 0 Å². The SMILES string of the molecule is Cc1cccc(C#N)c1.O=S1(=O)NN1. The number of hydrogen-bond donors (Lipinski definition) is 2. The summed E-state index contributed by atoms with van der Waals surface area (Å²) in [5, 5.41) is 8.41. The summed E-state index contributed by atoms with van der Waals surface area (Å²) in [6.45, 7) is 1.97. The highest BCUT2D eigenvalue weighted by Crippen LogP contribution is 2.00. The third-order valence-electron chi connectivity index (χ3n) is 1.42. The average molecular weight is 211 g/mol. The fraction of sp³-hybridized carbons (Fsp3) is 0.125. The maximum atomic E-state index is 9.52. The molecule has 0 unspecified atom stereocenters. The Morgan fingerprint density at radius 3 is 2.21 bits per heavy atom. The Balaban J connectivity index is 0.000000165. The van der Waals surface area contributed by atoms with E-state index in [9.17, 15) is 8.42 Å². The fourth-order valence-corrected chi connectivity index (χ4v) is 1.02. The van der Waals surface area contributed by atoms with Crippen molar-refractivity contribution in [3.05, 3.63) is 35.4 Å². The first-order valence-corrected chi connectivity index (χ1v) is 5.27. The van der Waals surface area contributed by atoms with Crippen molar-refractivity contribution in [1.82, 2.24) is 9.66 Å². The average Bonchev–Trinajstić information content (AvgIpc) is 2.82. The lowest BCUT2D eigenvalue weighted by Crippen LogP contribution is -1.73. The Morgan fingerprint density at radius 2 is 1.93 bits per heavy atom. The van der Waals surface area contributed by atoms with Crippen molar-refractivity contribution < 1.29 is 8.42 Å². The van der Waals surface area contributed by atoms with E-state index in [0.29, 0.717) is 0 Å². The Labute approximate surface area is 82.5 Å².